The van der Waals surface area contributed by atoms with Gasteiger partial charge in [-0.25, -0.2) is 0 Å². The van der Waals surface area contributed by atoms with Crippen molar-refractivity contribution in [2.75, 3.05) is 37.0 Å². The first-order valence-electron chi connectivity index (χ1n) is 9.26. The Balaban J connectivity index is 1.63. The van der Waals surface area contributed by atoms with Crippen LogP contribution in [0.1, 0.15) is 25.7 Å². The maximum absolute atomic E-state index is 2.44. The number of rotatable bonds is 6. The van der Waals surface area contributed by atoms with Gasteiger partial charge in [-0.05, 0) is 48.9 Å². The van der Waals surface area contributed by atoms with E-state index in [0.29, 0.717) is 0 Å². The predicted octanol–water partition coefficient (Wildman–Crippen LogP) is 5.07. The number of nitrogens with zero attached hydrogens (tertiary/aromatic N) is 2. The van der Waals surface area contributed by atoms with Crippen LogP contribution < -0.4 is 9.80 Å². The van der Waals surface area contributed by atoms with Gasteiger partial charge in [-0.1, -0.05) is 49.2 Å². The summed E-state index contributed by atoms with van der Waals surface area (Å²) >= 11 is 0. The molecule has 1 saturated carbocycles. The molecule has 1 aliphatic rings. The van der Waals surface area contributed by atoms with E-state index in [-0.39, 0.29) is 0 Å². The highest BCUT2D eigenvalue weighted by Crippen LogP contribution is 2.32. The molecular formula is C22H30N2. The molecule has 0 amide bonds. The van der Waals surface area contributed by atoms with E-state index in [2.05, 4.69) is 84.6 Å². The molecule has 1 fully saturated rings. The molecule has 2 heteroatoms. The van der Waals surface area contributed by atoms with Crippen LogP contribution in [0.3, 0.4) is 0 Å². The molecule has 2 aromatic carbocycles. The zero-order valence-electron chi connectivity index (χ0n) is 15.1. The van der Waals surface area contributed by atoms with Gasteiger partial charge in [0.05, 0.1) is 0 Å². The second-order valence-electron chi connectivity index (χ2n) is 7.24. The molecule has 2 unspecified atom stereocenters. The third-order valence-electron chi connectivity index (χ3n) is 5.48. The standard InChI is InChI=1S/C22H30N2/c1-23(21-13-5-3-6-14-21)17-19-11-9-10-12-20(19)18-24(2)22-15-7-4-8-16-22/h3-8,13-16,19-20H,9-12,17-18H2,1-2H3. The zero-order valence-corrected chi connectivity index (χ0v) is 15.1. The molecule has 1 aliphatic carbocycles. The number of hydrogen-bond acceptors (Lipinski definition) is 2. The summed E-state index contributed by atoms with van der Waals surface area (Å²) in [6, 6.07) is 21.6. The number of benzene rings is 2. The molecule has 24 heavy (non-hydrogen) atoms. The molecule has 0 bridgehead atoms. The maximum Gasteiger partial charge on any atom is 0.0363 e. The largest absolute Gasteiger partial charge is 0.374 e. The fourth-order valence-electron chi connectivity index (χ4n) is 4.04. The van der Waals surface area contributed by atoms with Gasteiger partial charge in [0.15, 0.2) is 0 Å². The van der Waals surface area contributed by atoms with E-state index < -0.39 is 0 Å². The van der Waals surface area contributed by atoms with Crippen molar-refractivity contribution in [2.24, 2.45) is 11.8 Å². The lowest BCUT2D eigenvalue weighted by Crippen LogP contribution is -2.37. The van der Waals surface area contributed by atoms with Gasteiger partial charge in [0.1, 0.15) is 0 Å². The molecule has 0 aromatic heterocycles. The lowest BCUT2D eigenvalue weighted by atomic mass is 9.78. The molecule has 0 N–H and O–H groups in total. The van der Waals surface area contributed by atoms with Crippen molar-refractivity contribution < 1.29 is 0 Å². The third-order valence-corrected chi connectivity index (χ3v) is 5.48. The molecule has 128 valence electrons. The van der Waals surface area contributed by atoms with E-state index >= 15 is 0 Å². The summed E-state index contributed by atoms with van der Waals surface area (Å²) in [5.74, 6) is 1.57. The first-order chi connectivity index (χ1) is 11.7. The topological polar surface area (TPSA) is 6.48 Å². The molecule has 0 aliphatic heterocycles. The van der Waals surface area contributed by atoms with Crippen molar-refractivity contribution in [3.63, 3.8) is 0 Å². The Hall–Kier alpha value is -1.96. The van der Waals surface area contributed by atoms with Gasteiger partial charge in [-0.2, -0.15) is 0 Å². The normalized spacial score (nSPS) is 20.6. The lowest BCUT2D eigenvalue weighted by Gasteiger charge is -2.37. The van der Waals surface area contributed by atoms with Crippen LogP contribution in [-0.4, -0.2) is 27.2 Å². The van der Waals surface area contributed by atoms with Crippen molar-refractivity contribution in [3.05, 3.63) is 60.7 Å². The van der Waals surface area contributed by atoms with Crippen LogP contribution in [0.25, 0.3) is 0 Å². The van der Waals surface area contributed by atoms with Crippen LogP contribution >= 0.6 is 0 Å². The second kappa shape index (κ2) is 8.23. The average Bonchev–Trinajstić information content (AvgIpc) is 2.64. The van der Waals surface area contributed by atoms with E-state index in [1.807, 2.05) is 0 Å². The summed E-state index contributed by atoms with van der Waals surface area (Å²) in [6.45, 7) is 2.33. The van der Waals surface area contributed by atoms with Gasteiger partial charge in [0, 0.05) is 38.6 Å². The first kappa shape index (κ1) is 16.9. The van der Waals surface area contributed by atoms with E-state index in [4.69, 9.17) is 0 Å². The number of hydrogen-bond donors (Lipinski definition) is 0. The van der Waals surface area contributed by atoms with Gasteiger partial charge >= 0.3 is 0 Å². The molecule has 0 radical (unpaired) electrons. The van der Waals surface area contributed by atoms with E-state index in [0.717, 1.165) is 24.9 Å². The van der Waals surface area contributed by atoms with Gasteiger partial charge in [0.25, 0.3) is 0 Å². The summed E-state index contributed by atoms with van der Waals surface area (Å²) in [6.07, 6.45) is 5.51. The van der Waals surface area contributed by atoms with Crippen molar-refractivity contribution in [2.45, 2.75) is 25.7 Å². The van der Waals surface area contributed by atoms with E-state index in [1.54, 1.807) is 0 Å². The minimum absolute atomic E-state index is 0.787. The molecular weight excluding hydrogens is 292 g/mol. The van der Waals surface area contributed by atoms with Crippen LogP contribution in [0, 0.1) is 11.8 Å². The third kappa shape index (κ3) is 4.31. The van der Waals surface area contributed by atoms with Crippen molar-refractivity contribution >= 4 is 11.4 Å². The van der Waals surface area contributed by atoms with Crippen LogP contribution in [0.4, 0.5) is 11.4 Å². The van der Waals surface area contributed by atoms with E-state index in [1.165, 1.54) is 37.1 Å². The second-order valence-corrected chi connectivity index (χ2v) is 7.24. The van der Waals surface area contributed by atoms with Crippen LogP contribution in [-0.2, 0) is 0 Å². The first-order valence-corrected chi connectivity index (χ1v) is 9.26. The molecule has 2 atom stereocenters. The molecule has 2 aromatic rings. The van der Waals surface area contributed by atoms with Gasteiger partial charge in [0.2, 0.25) is 0 Å². The molecule has 0 heterocycles. The minimum atomic E-state index is 0.787. The predicted molar refractivity (Wildman–Crippen MR) is 105 cm³/mol. The summed E-state index contributed by atoms with van der Waals surface area (Å²) in [4.78, 5) is 4.87. The Morgan fingerprint density at radius 2 is 1.04 bits per heavy atom. The Kier molecular flexibility index (Phi) is 5.79. The van der Waals surface area contributed by atoms with E-state index in [9.17, 15) is 0 Å². The van der Waals surface area contributed by atoms with Crippen LogP contribution in [0.2, 0.25) is 0 Å². The molecule has 2 nitrogen and oxygen atoms in total. The van der Waals surface area contributed by atoms with Crippen molar-refractivity contribution in [1.82, 2.24) is 0 Å². The molecule has 0 saturated heterocycles. The Bertz CT molecular complexity index is 540. The molecule has 3 rings (SSSR count). The quantitative estimate of drug-likeness (QED) is 0.733. The highest BCUT2D eigenvalue weighted by atomic mass is 15.1. The number of para-hydroxylation sites is 2. The monoisotopic (exact) mass is 322 g/mol. The summed E-state index contributed by atoms with van der Waals surface area (Å²) in [5, 5.41) is 0. The summed E-state index contributed by atoms with van der Waals surface area (Å²) in [7, 11) is 4.48. The van der Waals surface area contributed by atoms with Crippen molar-refractivity contribution in [3.8, 4) is 0 Å². The van der Waals surface area contributed by atoms with Crippen LogP contribution in [0.5, 0.6) is 0 Å². The van der Waals surface area contributed by atoms with Crippen molar-refractivity contribution in [1.29, 1.82) is 0 Å². The molecule has 0 spiro atoms. The average molecular weight is 322 g/mol. The van der Waals surface area contributed by atoms with Crippen LogP contribution in [0.15, 0.2) is 60.7 Å². The Morgan fingerprint density at radius 3 is 1.42 bits per heavy atom. The highest BCUT2D eigenvalue weighted by molar-refractivity contribution is 5.46. The summed E-state index contributed by atoms with van der Waals surface area (Å²) in [5.41, 5.74) is 2.66. The Morgan fingerprint density at radius 1 is 0.667 bits per heavy atom. The highest BCUT2D eigenvalue weighted by Gasteiger charge is 2.27. The fraction of sp³-hybridized carbons (Fsp3) is 0.455. The fourth-order valence-corrected chi connectivity index (χ4v) is 4.04. The smallest absolute Gasteiger partial charge is 0.0363 e. The SMILES string of the molecule is CN(CC1CCCCC1CN(C)c1ccccc1)c1ccccc1. The maximum atomic E-state index is 2.44. The summed E-state index contributed by atoms with van der Waals surface area (Å²) < 4.78 is 0. The lowest BCUT2D eigenvalue weighted by molar-refractivity contribution is 0.245. The van der Waals surface area contributed by atoms with Gasteiger partial charge in [-0.3, -0.25) is 0 Å². The minimum Gasteiger partial charge on any atom is -0.374 e. The van der Waals surface area contributed by atoms with Gasteiger partial charge < -0.3 is 9.80 Å². The number of anilines is 2. The van der Waals surface area contributed by atoms with Gasteiger partial charge in [-0.15, -0.1) is 0 Å². The zero-order chi connectivity index (χ0) is 16.8. The Labute approximate surface area is 147 Å².